The van der Waals surface area contributed by atoms with Crippen LogP contribution in [0, 0.1) is 13.7 Å². The maximum Gasteiger partial charge on any atom is 0.417 e. The number of nitrogens with zero attached hydrogens (tertiary/aromatic N) is 2. The second-order valence-electron chi connectivity index (χ2n) is 2.25. The molecule has 0 aliphatic rings. The zero-order chi connectivity index (χ0) is 10.9. The lowest BCUT2D eigenvalue weighted by Crippen LogP contribution is -2.09. The molecule has 0 fully saturated rings. The molecule has 4 nitrogen and oxygen atoms in total. The molecule has 14 heavy (non-hydrogen) atoms. The highest BCUT2D eigenvalue weighted by Crippen LogP contribution is 2.35. The molecule has 0 radical (unpaired) electrons. The fourth-order valence-electron chi connectivity index (χ4n) is 0.779. The minimum atomic E-state index is -4.59. The van der Waals surface area contributed by atoms with E-state index in [1.54, 1.807) is 0 Å². The number of halogens is 4. The molecule has 1 heterocycles. The molecule has 0 saturated heterocycles. The van der Waals surface area contributed by atoms with Gasteiger partial charge in [0.25, 0.3) is 0 Å². The van der Waals surface area contributed by atoms with Crippen molar-refractivity contribution in [3.8, 4) is 0 Å². The third-order valence-electron chi connectivity index (χ3n) is 1.35. The van der Waals surface area contributed by atoms with E-state index in [0.717, 1.165) is 6.20 Å². The van der Waals surface area contributed by atoms with E-state index in [-0.39, 0.29) is 0 Å². The van der Waals surface area contributed by atoms with Crippen LogP contribution in [0.25, 0.3) is 0 Å². The summed E-state index contributed by atoms with van der Waals surface area (Å²) in [4.78, 5) is 12.6. The summed E-state index contributed by atoms with van der Waals surface area (Å²) in [5.41, 5.74) is -1.04. The predicted molar refractivity (Wildman–Crippen MR) is 48.6 cm³/mol. The van der Waals surface area contributed by atoms with Crippen molar-refractivity contribution in [1.82, 2.24) is 4.98 Å². The first-order chi connectivity index (χ1) is 6.34. The topological polar surface area (TPSA) is 56.0 Å². The van der Waals surface area contributed by atoms with Gasteiger partial charge in [-0.1, -0.05) is 0 Å². The molecule has 0 bridgehead atoms. The molecule has 0 saturated carbocycles. The molecule has 1 rings (SSSR count). The molecule has 0 amide bonds. The molecular weight excluding hydrogens is 316 g/mol. The Bertz CT molecular complexity index is 380. The van der Waals surface area contributed by atoms with E-state index in [1.807, 2.05) is 0 Å². The monoisotopic (exact) mass is 318 g/mol. The van der Waals surface area contributed by atoms with Crippen molar-refractivity contribution < 1.29 is 18.1 Å². The second-order valence-corrected chi connectivity index (χ2v) is 3.33. The maximum absolute atomic E-state index is 12.2. The van der Waals surface area contributed by atoms with Crippen LogP contribution in [0.15, 0.2) is 12.3 Å². The smallest absolute Gasteiger partial charge is 0.358 e. The quantitative estimate of drug-likeness (QED) is 0.454. The van der Waals surface area contributed by atoms with Gasteiger partial charge in [0.2, 0.25) is 0 Å². The summed E-state index contributed by atoms with van der Waals surface area (Å²) in [5.74, 6) is -0.777. The first-order valence-electron chi connectivity index (χ1n) is 3.20. The highest BCUT2D eigenvalue weighted by molar-refractivity contribution is 14.1. The third kappa shape index (κ3) is 2.11. The van der Waals surface area contributed by atoms with Gasteiger partial charge in [-0.25, -0.2) is 0 Å². The summed E-state index contributed by atoms with van der Waals surface area (Å²) in [6, 6.07) is 0.703. The highest BCUT2D eigenvalue weighted by Gasteiger charge is 2.36. The predicted octanol–water partition coefficient (Wildman–Crippen LogP) is 2.61. The summed E-state index contributed by atoms with van der Waals surface area (Å²) < 4.78 is 36.2. The van der Waals surface area contributed by atoms with Crippen molar-refractivity contribution in [2.75, 3.05) is 0 Å². The molecule has 0 unspecified atom stereocenters. The fraction of sp³-hybridized carbons (Fsp3) is 0.167. The van der Waals surface area contributed by atoms with Crippen LogP contribution < -0.4 is 0 Å². The Kier molecular flexibility index (Phi) is 2.92. The van der Waals surface area contributed by atoms with Crippen LogP contribution in [0.5, 0.6) is 0 Å². The minimum Gasteiger partial charge on any atom is -0.358 e. The summed E-state index contributed by atoms with van der Waals surface area (Å²) in [6.45, 7) is 0. The molecule has 0 spiro atoms. The van der Waals surface area contributed by atoms with Gasteiger partial charge in [0, 0.05) is 0 Å². The molecule has 76 valence electrons. The van der Waals surface area contributed by atoms with E-state index in [4.69, 9.17) is 0 Å². The molecule has 8 heteroatoms. The lowest BCUT2D eigenvalue weighted by molar-refractivity contribution is -0.390. The van der Waals surface area contributed by atoms with Crippen molar-refractivity contribution in [2.24, 2.45) is 0 Å². The molecule has 0 N–H and O–H groups in total. The molecule has 1 aromatic heterocycles. The summed E-state index contributed by atoms with van der Waals surface area (Å²) in [5, 5.41) is 10.3. The number of aromatic nitrogens is 1. The van der Waals surface area contributed by atoms with Crippen LogP contribution >= 0.6 is 22.6 Å². The molecule has 0 aromatic carbocycles. The van der Waals surface area contributed by atoms with E-state index >= 15 is 0 Å². The van der Waals surface area contributed by atoms with Gasteiger partial charge in [-0.2, -0.15) is 13.2 Å². The lowest BCUT2D eigenvalue weighted by Gasteiger charge is -2.07. The summed E-state index contributed by atoms with van der Waals surface area (Å²) in [7, 11) is 0. The van der Waals surface area contributed by atoms with Crippen LogP contribution in [0.2, 0.25) is 0 Å². The Morgan fingerprint density at radius 3 is 2.50 bits per heavy atom. The van der Waals surface area contributed by atoms with Crippen molar-refractivity contribution in [1.29, 1.82) is 0 Å². The average molecular weight is 318 g/mol. The van der Waals surface area contributed by atoms with E-state index in [0.29, 0.717) is 6.07 Å². The average Bonchev–Trinajstić information content (AvgIpc) is 2.01. The SMILES string of the molecule is O=[N+]([O-])c1nccc(C(F)(F)F)c1I. The first-order valence-corrected chi connectivity index (χ1v) is 4.28. The van der Waals surface area contributed by atoms with Crippen LogP contribution in [-0.4, -0.2) is 9.91 Å². The largest absolute Gasteiger partial charge is 0.417 e. The van der Waals surface area contributed by atoms with Crippen LogP contribution in [0.1, 0.15) is 5.56 Å². The molecule has 0 aliphatic carbocycles. The zero-order valence-electron chi connectivity index (χ0n) is 6.38. The van der Waals surface area contributed by atoms with Crippen molar-refractivity contribution in [2.45, 2.75) is 6.18 Å². The van der Waals surface area contributed by atoms with Crippen molar-refractivity contribution in [3.63, 3.8) is 0 Å². The molecular formula is C6H2F3IN2O2. The second kappa shape index (κ2) is 3.67. The standard InChI is InChI=1S/C6H2F3IN2O2/c7-6(8,9)3-1-2-11-5(4(3)10)12(13)14/h1-2H. The Labute approximate surface area is 89.4 Å². The Hall–Kier alpha value is -0.930. The summed E-state index contributed by atoms with van der Waals surface area (Å²) in [6.07, 6.45) is -3.83. The van der Waals surface area contributed by atoms with Gasteiger partial charge in [-0.05, 0) is 38.6 Å². The first kappa shape index (κ1) is 11.1. The van der Waals surface area contributed by atoms with Gasteiger partial charge < -0.3 is 10.1 Å². The number of nitro groups is 1. The van der Waals surface area contributed by atoms with Crippen molar-refractivity contribution >= 4 is 28.4 Å². The van der Waals surface area contributed by atoms with E-state index in [9.17, 15) is 23.3 Å². The van der Waals surface area contributed by atoms with Crippen LogP contribution in [-0.2, 0) is 6.18 Å². The van der Waals surface area contributed by atoms with E-state index in [2.05, 4.69) is 4.98 Å². The number of hydrogen-bond donors (Lipinski definition) is 0. The number of pyridine rings is 1. The molecule has 0 atom stereocenters. The molecule has 1 aromatic rings. The Morgan fingerprint density at radius 1 is 1.50 bits per heavy atom. The van der Waals surface area contributed by atoms with Crippen LogP contribution in [0.4, 0.5) is 19.0 Å². The summed E-state index contributed by atoms with van der Waals surface area (Å²) >= 11 is 1.26. The fourth-order valence-corrected chi connectivity index (χ4v) is 1.60. The van der Waals surface area contributed by atoms with Gasteiger partial charge in [-0.15, -0.1) is 0 Å². The third-order valence-corrected chi connectivity index (χ3v) is 2.41. The van der Waals surface area contributed by atoms with Gasteiger partial charge in [0.1, 0.15) is 9.77 Å². The Morgan fingerprint density at radius 2 is 2.07 bits per heavy atom. The lowest BCUT2D eigenvalue weighted by atomic mass is 10.2. The normalized spacial score (nSPS) is 11.4. The zero-order valence-corrected chi connectivity index (χ0v) is 8.53. The maximum atomic E-state index is 12.2. The van der Waals surface area contributed by atoms with E-state index < -0.39 is 26.1 Å². The molecule has 0 aliphatic heterocycles. The minimum absolute atomic E-state index is 0.498. The van der Waals surface area contributed by atoms with Crippen LogP contribution in [0.3, 0.4) is 0 Å². The van der Waals surface area contributed by atoms with Gasteiger partial charge in [0.05, 0.1) is 5.56 Å². The highest BCUT2D eigenvalue weighted by atomic mass is 127. The van der Waals surface area contributed by atoms with Gasteiger partial charge >= 0.3 is 12.0 Å². The Balaban J connectivity index is 3.35. The number of hydrogen-bond acceptors (Lipinski definition) is 3. The van der Waals surface area contributed by atoms with Gasteiger partial charge in [-0.3, -0.25) is 0 Å². The van der Waals surface area contributed by atoms with Crippen molar-refractivity contribution in [3.05, 3.63) is 31.5 Å². The number of rotatable bonds is 1. The number of alkyl halides is 3. The van der Waals surface area contributed by atoms with E-state index in [1.165, 1.54) is 22.6 Å². The van der Waals surface area contributed by atoms with Gasteiger partial charge in [0.15, 0.2) is 0 Å².